The van der Waals surface area contributed by atoms with Gasteiger partial charge in [-0.25, -0.2) is 9.97 Å². The fourth-order valence-electron chi connectivity index (χ4n) is 3.93. The van der Waals surface area contributed by atoms with Gasteiger partial charge < -0.3 is 10.6 Å². The number of aromatic nitrogens is 2. The molecule has 2 atom stereocenters. The van der Waals surface area contributed by atoms with E-state index in [0.717, 1.165) is 32.2 Å². The van der Waals surface area contributed by atoms with Gasteiger partial charge in [-0.05, 0) is 49.8 Å². The second-order valence-electron chi connectivity index (χ2n) is 7.60. The lowest BCUT2D eigenvalue weighted by molar-refractivity contribution is -0.144. The number of carbonyl (C=O) groups is 1. The summed E-state index contributed by atoms with van der Waals surface area (Å²) >= 11 is 7.53. The highest BCUT2D eigenvalue weighted by Crippen LogP contribution is 2.24. The van der Waals surface area contributed by atoms with Gasteiger partial charge in [-0.2, -0.15) is 0 Å². The lowest BCUT2D eigenvalue weighted by atomic mass is 10.1. The van der Waals surface area contributed by atoms with Gasteiger partial charge in [0.1, 0.15) is 12.1 Å². The van der Waals surface area contributed by atoms with Gasteiger partial charge in [0, 0.05) is 35.9 Å². The van der Waals surface area contributed by atoms with Crippen molar-refractivity contribution in [2.24, 2.45) is 0 Å². The number of rotatable bonds is 5. The lowest BCUT2D eigenvalue weighted by Gasteiger charge is -2.43. The van der Waals surface area contributed by atoms with Gasteiger partial charge in [0.25, 0.3) is 0 Å². The van der Waals surface area contributed by atoms with E-state index in [1.54, 1.807) is 11.3 Å². The van der Waals surface area contributed by atoms with Crippen molar-refractivity contribution in [3.8, 4) is 0 Å². The largest absolute Gasteiger partial charge is 0.383 e. The summed E-state index contributed by atoms with van der Waals surface area (Å²) < 4.78 is 0.781. The van der Waals surface area contributed by atoms with Crippen LogP contribution >= 0.6 is 22.9 Å². The maximum Gasteiger partial charge on any atom is 0.240 e. The standard InChI is InChI=1S/C22H24ClN5OS/c1-14-11-27(12-16-5-7-18-19(10-16)25-13-26-21(18)24)22(29)15(2)28(14)9-3-4-17-6-8-20(23)30-17/h3-8,10,13-15H,9,11-12H2,1-2H3,(H2,24,25,26). The molecule has 2 aromatic heterocycles. The number of hydrogen-bond acceptors (Lipinski definition) is 6. The zero-order valence-electron chi connectivity index (χ0n) is 17.0. The Hall–Kier alpha value is -2.48. The molecule has 1 amide bonds. The summed E-state index contributed by atoms with van der Waals surface area (Å²) in [6.07, 6.45) is 5.63. The highest BCUT2D eigenvalue weighted by molar-refractivity contribution is 7.16. The first kappa shape index (κ1) is 20.8. The third kappa shape index (κ3) is 4.33. The van der Waals surface area contributed by atoms with Crippen LogP contribution in [0.5, 0.6) is 0 Å². The Balaban J connectivity index is 1.43. The van der Waals surface area contributed by atoms with Gasteiger partial charge in [0.2, 0.25) is 5.91 Å². The summed E-state index contributed by atoms with van der Waals surface area (Å²) in [5.74, 6) is 0.610. The van der Waals surface area contributed by atoms with Crippen LogP contribution < -0.4 is 5.73 Å². The fraction of sp³-hybridized carbons (Fsp3) is 0.318. The minimum Gasteiger partial charge on any atom is -0.383 e. The Labute approximate surface area is 185 Å². The Bertz CT molecular complexity index is 1100. The summed E-state index contributed by atoms with van der Waals surface area (Å²) in [6.45, 7) is 6.12. The van der Waals surface area contributed by atoms with Gasteiger partial charge >= 0.3 is 0 Å². The molecule has 2 N–H and O–H groups in total. The molecule has 0 bridgehead atoms. The van der Waals surface area contributed by atoms with Crippen molar-refractivity contribution in [3.63, 3.8) is 0 Å². The van der Waals surface area contributed by atoms with E-state index in [2.05, 4.69) is 33.9 Å². The van der Waals surface area contributed by atoms with E-state index < -0.39 is 0 Å². The van der Waals surface area contributed by atoms with Crippen molar-refractivity contribution < 1.29 is 4.79 Å². The number of amides is 1. The predicted molar refractivity (Wildman–Crippen MR) is 123 cm³/mol. The van der Waals surface area contributed by atoms with E-state index in [9.17, 15) is 4.79 Å². The molecule has 0 saturated carbocycles. The number of benzene rings is 1. The summed E-state index contributed by atoms with van der Waals surface area (Å²) in [4.78, 5) is 26.6. The molecule has 0 spiro atoms. The Morgan fingerprint density at radius 2 is 2.10 bits per heavy atom. The number of piperazine rings is 1. The first-order chi connectivity index (χ1) is 14.4. The van der Waals surface area contributed by atoms with Crippen LogP contribution in [0.15, 0.2) is 42.7 Å². The summed E-state index contributed by atoms with van der Waals surface area (Å²) in [6, 6.07) is 9.88. The maximum atomic E-state index is 13.0. The van der Waals surface area contributed by atoms with Crippen molar-refractivity contribution in [1.29, 1.82) is 0 Å². The number of fused-ring (bicyclic) bond motifs is 1. The Kier molecular flexibility index (Phi) is 6.04. The topological polar surface area (TPSA) is 75.3 Å². The minimum atomic E-state index is -0.177. The highest BCUT2D eigenvalue weighted by atomic mass is 35.5. The van der Waals surface area contributed by atoms with Crippen molar-refractivity contribution in [2.45, 2.75) is 32.5 Å². The molecule has 1 aliphatic rings. The van der Waals surface area contributed by atoms with Crippen LogP contribution in [-0.2, 0) is 11.3 Å². The number of carbonyl (C=O) groups excluding carboxylic acids is 1. The Morgan fingerprint density at radius 1 is 1.27 bits per heavy atom. The van der Waals surface area contributed by atoms with Crippen molar-refractivity contribution >= 4 is 51.6 Å². The molecular weight excluding hydrogens is 418 g/mol. The van der Waals surface area contributed by atoms with Crippen LogP contribution in [0.4, 0.5) is 5.82 Å². The molecular formula is C22H24ClN5OS. The SMILES string of the molecule is CC1CN(Cc2ccc3c(N)ncnc3c2)C(=O)C(C)N1CC=Cc1ccc(Cl)s1. The quantitative estimate of drug-likeness (QED) is 0.646. The van der Waals surface area contributed by atoms with Gasteiger partial charge in [-0.15, -0.1) is 11.3 Å². The molecule has 1 saturated heterocycles. The van der Waals surface area contributed by atoms with Crippen LogP contribution in [0.25, 0.3) is 17.0 Å². The highest BCUT2D eigenvalue weighted by Gasteiger charge is 2.35. The summed E-state index contributed by atoms with van der Waals surface area (Å²) in [5.41, 5.74) is 7.75. The molecule has 3 heterocycles. The lowest BCUT2D eigenvalue weighted by Crippen LogP contribution is -2.59. The molecule has 4 rings (SSSR count). The van der Waals surface area contributed by atoms with E-state index in [0.29, 0.717) is 18.9 Å². The summed E-state index contributed by atoms with van der Waals surface area (Å²) in [7, 11) is 0. The number of hydrogen-bond donors (Lipinski definition) is 1. The van der Waals surface area contributed by atoms with Crippen molar-refractivity contribution in [3.05, 3.63) is 57.5 Å². The van der Waals surface area contributed by atoms with Gasteiger partial charge in [0.05, 0.1) is 15.9 Å². The number of nitrogens with two attached hydrogens (primary N) is 1. The number of anilines is 1. The number of thiophene rings is 1. The molecule has 8 heteroatoms. The van der Waals surface area contributed by atoms with E-state index in [-0.39, 0.29) is 18.0 Å². The van der Waals surface area contributed by atoms with Crippen molar-refractivity contribution in [2.75, 3.05) is 18.8 Å². The second-order valence-corrected chi connectivity index (χ2v) is 9.34. The van der Waals surface area contributed by atoms with E-state index in [1.807, 2.05) is 42.2 Å². The normalized spacial score (nSPS) is 20.5. The maximum absolute atomic E-state index is 13.0. The molecule has 1 aliphatic heterocycles. The van der Waals surface area contributed by atoms with E-state index in [1.165, 1.54) is 6.33 Å². The molecule has 156 valence electrons. The molecule has 0 radical (unpaired) electrons. The molecule has 0 aliphatic carbocycles. The van der Waals surface area contributed by atoms with Crippen LogP contribution in [0, 0.1) is 0 Å². The van der Waals surface area contributed by atoms with Crippen LogP contribution in [0.1, 0.15) is 24.3 Å². The van der Waals surface area contributed by atoms with Crippen LogP contribution in [-0.4, -0.2) is 50.8 Å². The summed E-state index contributed by atoms with van der Waals surface area (Å²) in [5, 5.41) is 0.831. The molecule has 1 fully saturated rings. The smallest absolute Gasteiger partial charge is 0.240 e. The van der Waals surface area contributed by atoms with E-state index >= 15 is 0 Å². The van der Waals surface area contributed by atoms with Gasteiger partial charge in [-0.1, -0.05) is 23.7 Å². The zero-order chi connectivity index (χ0) is 21.3. The van der Waals surface area contributed by atoms with E-state index in [4.69, 9.17) is 17.3 Å². The third-order valence-corrected chi connectivity index (χ3v) is 6.71. The first-order valence-electron chi connectivity index (χ1n) is 9.88. The van der Waals surface area contributed by atoms with Crippen LogP contribution in [0.3, 0.4) is 0 Å². The third-order valence-electron chi connectivity index (χ3n) is 5.51. The van der Waals surface area contributed by atoms with Gasteiger partial charge in [-0.3, -0.25) is 9.69 Å². The molecule has 30 heavy (non-hydrogen) atoms. The minimum absolute atomic E-state index is 0.142. The van der Waals surface area contributed by atoms with Crippen LogP contribution in [0.2, 0.25) is 4.34 Å². The van der Waals surface area contributed by atoms with Gasteiger partial charge in [0.15, 0.2) is 0 Å². The molecule has 3 aromatic rings. The Morgan fingerprint density at radius 3 is 2.87 bits per heavy atom. The fourth-order valence-corrected chi connectivity index (χ4v) is 4.92. The second kappa shape index (κ2) is 8.71. The number of nitrogens with zero attached hydrogens (tertiary/aromatic N) is 4. The monoisotopic (exact) mass is 441 g/mol. The van der Waals surface area contributed by atoms with Crippen molar-refractivity contribution in [1.82, 2.24) is 19.8 Å². The predicted octanol–water partition coefficient (Wildman–Crippen LogP) is 4.06. The number of nitrogen functional groups attached to an aromatic ring is 1. The zero-order valence-corrected chi connectivity index (χ0v) is 18.5. The molecule has 1 aromatic carbocycles. The molecule has 6 nitrogen and oxygen atoms in total. The molecule has 2 unspecified atom stereocenters. The average Bonchev–Trinajstić information content (AvgIpc) is 3.14. The average molecular weight is 442 g/mol. The first-order valence-corrected chi connectivity index (χ1v) is 11.1. The number of halogens is 1.